The Labute approximate surface area is 170 Å². The zero-order chi connectivity index (χ0) is 18.9. The molecule has 0 nitrogen and oxygen atoms in total. The van der Waals surface area contributed by atoms with E-state index in [9.17, 15) is 0 Å². The van der Waals surface area contributed by atoms with Crippen LogP contribution in [0.1, 0.15) is 33.4 Å². The highest BCUT2D eigenvalue weighted by Crippen LogP contribution is 2.43. The van der Waals surface area contributed by atoms with Crippen LogP contribution in [-0.4, -0.2) is 4.86 Å². The summed E-state index contributed by atoms with van der Waals surface area (Å²) < 4.78 is 0. The van der Waals surface area contributed by atoms with E-state index in [1.807, 2.05) is 0 Å². The molecule has 0 bridgehead atoms. The lowest BCUT2D eigenvalue weighted by Gasteiger charge is -2.27. The highest BCUT2D eigenvalue weighted by atomic mass is 32.1. The van der Waals surface area contributed by atoms with Crippen LogP contribution in [0.2, 0.25) is 0 Å². The largest absolute Gasteiger partial charge is 0.0787 e. The molecule has 5 rings (SSSR count). The van der Waals surface area contributed by atoms with Crippen LogP contribution in [0.15, 0.2) is 109 Å². The fourth-order valence-corrected chi connectivity index (χ4v) is 4.38. The molecule has 4 aromatic rings. The molecule has 0 fully saturated rings. The summed E-state index contributed by atoms with van der Waals surface area (Å²) in [6, 6.07) is 38.3. The zero-order valence-electron chi connectivity index (χ0n) is 15.3. The Balaban J connectivity index is 1.95. The van der Waals surface area contributed by atoms with E-state index in [2.05, 4.69) is 109 Å². The van der Waals surface area contributed by atoms with Crippen LogP contribution >= 0.6 is 12.2 Å². The van der Waals surface area contributed by atoms with Gasteiger partial charge < -0.3 is 0 Å². The molecule has 1 aliphatic rings. The van der Waals surface area contributed by atoms with Gasteiger partial charge in [-0.2, -0.15) is 0 Å². The summed E-state index contributed by atoms with van der Waals surface area (Å²) in [5.74, 6) is 0. The van der Waals surface area contributed by atoms with Crippen molar-refractivity contribution in [2.75, 3.05) is 0 Å². The summed E-state index contributed by atoms with van der Waals surface area (Å²) >= 11 is 5.87. The molecule has 0 saturated heterocycles. The van der Waals surface area contributed by atoms with E-state index in [-0.39, 0.29) is 0 Å². The average Bonchev–Trinajstić information content (AvgIpc) is 2.78. The van der Waals surface area contributed by atoms with Gasteiger partial charge in [0.1, 0.15) is 0 Å². The lowest BCUT2D eigenvalue weighted by atomic mass is 9.77. The van der Waals surface area contributed by atoms with E-state index in [1.165, 1.54) is 33.4 Å². The van der Waals surface area contributed by atoms with Crippen LogP contribution in [-0.2, 0) is 0 Å². The molecule has 4 aromatic carbocycles. The molecule has 0 atom stereocenters. The van der Waals surface area contributed by atoms with E-state index in [0.717, 1.165) is 16.0 Å². The van der Waals surface area contributed by atoms with Gasteiger partial charge in [-0.3, -0.25) is 0 Å². The van der Waals surface area contributed by atoms with E-state index < -0.39 is 0 Å². The summed E-state index contributed by atoms with van der Waals surface area (Å²) in [6.07, 6.45) is 0. The number of hydrogen-bond acceptors (Lipinski definition) is 1. The van der Waals surface area contributed by atoms with Gasteiger partial charge in [-0.25, -0.2) is 0 Å². The van der Waals surface area contributed by atoms with Crippen LogP contribution in [0.3, 0.4) is 0 Å². The zero-order valence-corrected chi connectivity index (χ0v) is 16.1. The van der Waals surface area contributed by atoms with Gasteiger partial charge in [0.2, 0.25) is 0 Å². The number of thiocarbonyl (C=S) groups is 1. The van der Waals surface area contributed by atoms with Crippen molar-refractivity contribution in [3.05, 3.63) is 143 Å². The lowest BCUT2D eigenvalue weighted by molar-refractivity contribution is 1.45. The fraction of sp³-hybridized carbons (Fsp3) is 0. The van der Waals surface area contributed by atoms with E-state index in [1.54, 1.807) is 0 Å². The summed E-state index contributed by atoms with van der Waals surface area (Å²) in [6.45, 7) is 0. The molecule has 0 spiro atoms. The molecule has 28 heavy (non-hydrogen) atoms. The molecule has 0 unspecified atom stereocenters. The maximum absolute atomic E-state index is 5.87. The van der Waals surface area contributed by atoms with Crippen molar-refractivity contribution >= 4 is 28.2 Å². The minimum Gasteiger partial charge on any atom is -0.0787 e. The second-order valence-electron chi connectivity index (χ2n) is 6.90. The van der Waals surface area contributed by atoms with Crippen LogP contribution in [0, 0.1) is 0 Å². The molecule has 0 radical (unpaired) electrons. The van der Waals surface area contributed by atoms with Gasteiger partial charge in [-0.05, 0) is 33.4 Å². The van der Waals surface area contributed by atoms with Crippen molar-refractivity contribution in [3.63, 3.8) is 0 Å². The standard InChI is InChI=1S/C27H18S/c28-27-23-17-9-7-15-21(23)26(22-16-8-10-18-24(22)27)25(19-11-3-1-4-12-19)20-13-5-2-6-14-20/h1-18H. The lowest BCUT2D eigenvalue weighted by Crippen LogP contribution is -2.14. The van der Waals surface area contributed by atoms with E-state index in [4.69, 9.17) is 12.2 Å². The van der Waals surface area contributed by atoms with Gasteiger partial charge in [0.15, 0.2) is 0 Å². The Bertz CT molecular complexity index is 1110. The Morgan fingerprint density at radius 2 is 0.786 bits per heavy atom. The molecule has 1 heteroatoms. The third-order valence-corrected chi connectivity index (χ3v) is 5.70. The maximum atomic E-state index is 5.87. The van der Waals surface area contributed by atoms with Gasteiger partial charge in [-0.1, -0.05) is 121 Å². The van der Waals surface area contributed by atoms with Crippen LogP contribution in [0.5, 0.6) is 0 Å². The van der Waals surface area contributed by atoms with Gasteiger partial charge in [-0.15, -0.1) is 0 Å². The molecule has 0 aromatic heterocycles. The number of rotatable bonds is 2. The highest BCUT2D eigenvalue weighted by Gasteiger charge is 2.27. The summed E-state index contributed by atoms with van der Waals surface area (Å²) in [5, 5.41) is 0. The average molecular weight is 375 g/mol. The third-order valence-electron chi connectivity index (χ3n) is 5.26. The monoisotopic (exact) mass is 374 g/mol. The molecule has 0 heterocycles. The van der Waals surface area contributed by atoms with Gasteiger partial charge in [0, 0.05) is 11.1 Å². The second kappa shape index (κ2) is 7.03. The van der Waals surface area contributed by atoms with Crippen molar-refractivity contribution in [1.82, 2.24) is 0 Å². The smallest absolute Gasteiger partial charge is 0.0534 e. The molecular weight excluding hydrogens is 356 g/mol. The van der Waals surface area contributed by atoms with Crippen LogP contribution < -0.4 is 0 Å². The fourth-order valence-electron chi connectivity index (χ4n) is 4.02. The third kappa shape index (κ3) is 2.72. The maximum Gasteiger partial charge on any atom is 0.0534 e. The Morgan fingerprint density at radius 1 is 0.429 bits per heavy atom. The molecule has 0 saturated carbocycles. The van der Waals surface area contributed by atoms with E-state index >= 15 is 0 Å². The summed E-state index contributed by atoms with van der Waals surface area (Å²) in [5.41, 5.74) is 9.58. The molecule has 0 amide bonds. The first-order valence-electron chi connectivity index (χ1n) is 9.43. The van der Waals surface area contributed by atoms with Crippen LogP contribution in [0.4, 0.5) is 0 Å². The molecule has 0 aliphatic heterocycles. The predicted molar refractivity (Wildman–Crippen MR) is 122 cm³/mol. The molecule has 0 N–H and O–H groups in total. The first-order chi connectivity index (χ1) is 13.8. The first-order valence-corrected chi connectivity index (χ1v) is 9.84. The molecule has 1 aliphatic carbocycles. The number of hydrogen-bond donors (Lipinski definition) is 0. The Morgan fingerprint density at radius 3 is 1.21 bits per heavy atom. The summed E-state index contributed by atoms with van der Waals surface area (Å²) in [4.78, 5) is 0.926. The van der Waals surface area contributed by atoms with Gasteiger partial charge >= 0.3 is 0 Å². The minimum absolute atomic E-state index is 0.926. The normalized spacial score (nSPS) is 12.3. The van der Waals surface area contributed by atoms with E-state index in [0.29, 0.717) is 0 Å². The first kappa shape index (κ1) is 16.9. The highest BCUT2D eigenvalue weighted by molar-refractivity contribution is 7.81. The Hall–Kier alpha value is -3.29. The van der Waals surface area contributed by atoms with Crippen LogP contribution in [0.25, 0.3) is 11.1 Å². The van der Waals surface area contributed by atoms with Crippen molar-refractivity contribution in [2.24, 2.45) is 0 Å². The quantitative estimate of drug-likeness (QED) is 0.307. The minimum atomic E-state index is 0.926. The number of fused-ring (bicyclic) bond motifs is 2. The van der Waals surface area contributed by atoms with Crippen molar-refractivity contribution in [1.29, 1.82) is 0 Å². The summed E-state index contributed by atoms with van der Waals surface area (Å²) in [7, 11) is 0. The van der Waals surface area contributed by atoms with Crippen molar-refractivity contribution < 1.29 is 0 Å². The predicted octanol–water partition coefficient (Wildman–Crippen LogP) is 6.77. The topological polar surface area (TPSA) is 0 Å². The van der Waals surface area contributed by atoms with Gasteiger partial charge in [0.05, 0.1) is 4.86 Å². The van der Waals surface area contributed by atoms with Gasteiger partial charge in [0.25, 0.3) is 0 Å². The second-order valence-corrected chi connectivity index (χ2v) is 7.31. The molecular formula is C27H18S. The van der Waals surface area contributed by atoms with Crippen molar-refractivity contribution in [2.45, 2.75) is 0 Å². The Kier molecular flexibility index (Phi) is 4.23. The number of benzene rings is 4. The SMILES string of the molecule is S=C1c2ccccc2C(=C(c2ccccc2)c2ccccc2)c2ccccc21. The van der Waals surface area contributed by atoms with Crippen molar-refractivity contribution in [3.8, 4) is 0 Å². The molecule has 132 valence electrons.